The number of amides is 1. The molecule has 130 valence electrons. The van der Waals surface area contributed by atoms with E-state index in [9.17, 15) is 9.59 Å². The minimum absolute atomic E-state index is 0.0255. The van der Waals surface area contributed by atoms with Gasteiger partial charge in [-0.2, -0.15) is 0 Å². The molecular formula is C17H18N4O2S2. The average Bonchev–Trinajstić information content (AvgIpc) is 2.85. The highest BCUT2D eigenvalue weighted by Crippen LogP contribution is 2.34. The zero-order valence-electron chi connectivity index (χ0n) is 14.1. The Labute approximate surface area is 154 Å². The average molecular weight is 374 g/mol. The Hall–Kier alpha value is -2.19. The molecule has 0 spiro atoms. The van der Waals surface area contributed by atoms with Crippen LogP contribution in [0.5, 0.6) is 0 Å². The number of carbonyl (C=O) groups is 1. The zero-order valence-corrected chi connectivity index (χ0v) is 15.8. The molecule has 0 unspecified atom stereocenters. The molecule has 0 aliphatic carbocycles. The van der Waals surface area contributed by atoms with Gasteiger partial charge in [-0.05, 0) is 39.0 Å². The highest BCUT2D eigenvalue weighted by molar-refractivity contribution is 8.26. The lowest BCUT2D eigenvalue weighted by Crippen LogP contribution is -2.34. The number of rotatable bonds is 4. The second-order valence-corrected chi connectivity index (χ2v) is 7.46. The smallest absolute Gasteiger partial charge is 0.267 e. The van der Waals surface area contributed by atoms with E-state index in [0.717, 1.165) is 0 Å². The predicted octanol–water partition coefficient (Wildman–Crippen LogP) is 2.74. The fourth-order valence-corrected chi connectivity index (χ4v) is 4.10. The number of anilines is 1. The summed E-state index contributed by atoms with van der Waals surface area (Å²) in [6.07, 6.45) is 3.26. The van der Waals surface area contributed by atoms with Gasteiger partial charge in [-0.15, -0.1) is 0 Å². The van der Waals surface area contributed by atoms with Crippen LogP contribution >= 0.6 is 24.0 Å². The molecule has 0 saturated carbocycles. The molecule has 6 nitrogen and oxygen atoms in total. The fraction of sp³-hybridized carbons (Fsp3) is 0.294. The van der Waals surface area contributed by atoms with Crippen molar-refractivity contribution in [2.45, 2.75) is 26.8 Å². The predicted molar refractivity (Wildman–Crippen MR) is 106 cm³/mol. The number of fused-ring (bicyclic) bond motifs is 1. The Bertz CT molecular complexity index is 949. The standard InChI is InChI=1S/C17H18N4O2S2/c1-4-18-14-11(15(22)20-8-6-5-7-13(20)19-14)9-12-16(23)21(10(2)3)17(24)25-12/h5-10,18H,4H2,1-3H3. The van der Waals surface area contributed by atoms with Gasteiger partial charge < -0.3 is 5.32 Å². The highest BCUT2D eigenvalue weighted by atomic mass is 32.2. The van der Waals surface area contributed by atoms with Gasteiger partial charge in [0.05, 0.1) is 10.5 Å². The lowest BCUT2D eigenvalue weighted by Gasteiger charge is -2.18. The van der Waals surface area contributed by atoms with Crippen molar-refractivity contribution in [1.82, 2.24) is 14.3 Å². The van der Waals surface area contributed by atoms with Crippen molar-refractivity contribution in [2.75, 3.05) is 11.9 Å². The summed E-state index contributed by atoms with van der Waals surface area (Å²) in [5, 5.41) is 3.11. The summed E-state index contributed by atoms with van der Waals surface area (Å²) in [4.78, 5) is 32.0. The number of nitrogens with zero attached hydrogens (tertiary/aromatic N) is 3. The minimum Gasteiger partial charge on any atom is -0.370 e. The van der Waals surface area contributed by atoms with Crippen LogP contribution in [0, 0.1) is 0 Å². The van der Waals surface area contributed by atoms with Crippen LogP contribution in [-0.2, 0) is 4.79 Å². The zero-order chi connectivity index (χ0) is 18.1. The summed E-state index contributed by atoms with van der Waals surface area (Å²) in [5.74, 6) is 0.290. The molecule has 1 aliphatic heterocycles. The second kappa shape index (κ2) is 6.97. The van der Waals surface area contributed by atoms with Crippen molar-refractivity contribution < 1.29 is 4.79 Å². The molecule has 1 fully saturated rings. The van der Waals surface area contributed by atoms with Gasteiger partial charge in [0, 0.05) is 18.8 Å². The van der Waals surface area contributed by atoms with Gasteiger partial charge in [0.1, 0.15) is 15.8 Å². The minimum atomic E-state index is -0.226. The monoisotopic (exact) mass is 374 g/mol. The first-order valence-electron chi connectivity index (χ1n) is 7.96. The van der Waals surface area contributed by atoms with Crippen LogP contribution < -0.4 is 10.9 Å². The lowest BCUT2D eigenvalue weighted by atomic mass is 10.2. The molecule has 1 aliphatic rings. The SMILES string of the molecule is CCNc1nc2ccccn2c(=O)c1C=C1SC(=S)N(C(C)C)C1=O. The van der Waals surface area contributed by atoms with E-state index in [2.05, 4.69) is 10.3 Å². The number of hydrogen-bond acceptors (Lipinski definition) is 6. The first-order chi connectivity index (χ1) is 11.9. The highest BCUT2D eigenvalue weighted by Gasteiger charge is 2.34. The number of aromatic nitrogens is 2. The molecule has 1 N–H and O–H groups in total. The van der Waals surface area contributed by atoms with E-state index < -0.39 is 0 Å². The molecule has 2 aromatic heterocycles. The van der Waals surface area contributed by atoms with E-state index in [-0.39, 0.29) is 17.5 Å². The van der Waals surface area contributed by atoms with Crippen LogP contribution in [0.1, 0.15) is 26.3 Å². The third-order valence-corrected chi connectivity index (χ3v) is 5.06. The molecule has 0 bridgehead atoms. The van der Waals surface area contributed by atoms with Crippen molar-refractivity contribution >= 4 is 51.7 Å². The van der Waals surface area contributed by atoms with Crippen molar-refractivity contribution in [3.63, 3.8) is 0 Å². The van der Waals surface area contributed by atoms with Crippen LogP contribution in [0.15, 0.2) is 34.1 Å². The molecule has 3 rings (SSSR count). The van der Waals surface area contributed by atoms with Crippen LogP contribution in [0.25, 0.3) is 11.7 Å². The van der Waals surface area contributed by atoms with Crippen molar-refractivity contribution in [2.24, 2.45) is 0 Å². The Morgan fingerprint density at radius 1 is 1.36 bits per heavy atom. The van der Waals surface area contributed by atoms with Gasteiger partial charge >= 0.3 is 0 Å². The maximum Gasteiger partial charge on any atom is 0.267 e. The van der Waals surface area contributed by atoms with E-state index in [4.69, 9.17) is 12.2 Å². The van der Waals surface area contributed by atoms with Gasteiger partial charge in [0.15, 0.2) is 0 Å². The largest absolute Gasteiger partial charge is 0.370 e. The molecule has 0 aromatic carbocycles. The normalized spacial score (nSPS) is 16.5. The van der Waals surface area contributed by atoms with E-state index >= 15 is 0 Å². The number of thioether (sulfide) groups is 1. The van der Waals surface area contributed by atoms with Crippen LogP contribution in [0.2, 0.25) is 0 Å². The first kappa shape index (κ1) is 17.6. The van der Waals surface area contributed by atoms with E-state index in [1.54, 1.807) is 29.3 Å². The summed E-state index contributed by atoms with van der Waals surface area (Å²) in [6.45, 7) is 6.36. The number of carbonyl (C=O) groups excluding carboxylic acids is 1. The second-order valence-electron chi connectivity index (χ2n) is 5.78. The number of nitrogens with one attached hydrogen (secondary N) is 1. The molecule has 1 amide bonds. The van der Waals surface area contributed by atoms with E-state index in [1.165, 1.54) is 16.2 Å². The third kappa shape index (κ3) is 3.19. The number of hydrogen-bond donors (Lipinski definition) is 1. The van der Waals surface area contributed by atoms with Crippen LogP contribution in [0.3, 0.4) is 0 Å². The van der Waals surface area contributed by atoms with Gasteiger partial charge in [0.2, 0.25) is 0 Å². The number of pyridine rings is 1. The van der Waals surface area contributed by atoms with Gasteiger partial charge in [-0.1, -0.05) is 30.0 Å². The summed E-state index contributed by atoms with van der Waals surface area (Å²) in [7, 11) is 0. The summed E-state index contributed by atoms with van der Waals surface area (Å²) in [6, 6.07) is 5.34. The lowest BCUT2D eigenvalue weighted by molar-refractivity contribution is -0.123. The summed E-state index contributed by atoms with van der Waals surface area (Å²) < 4.78 is 1.97. The van der Waals surface area contributed by atoms with Crippen LogP contribution in [0.4, 0.5) is 5.82 Å². The molecule has 2 aromatic rings. The Morgan fingerprint density at radius 3 is 2.76 bits per heavy atom. The van der Waals surface area contributed by atoms with Gasteiger partial charge in [0.25, 0.3) is 11.5 Å². The maximum absolute atomic E-state index is 12.9. The summed E-state index contributed by atoms with van der Waals surface area (Å²) in [5.41, 5.74) is 0.682. The maximum atomic E-state index is 12.9. The Kier molecular flexibility index (Phi) is 4.91. The molecule has 8 heteroatoms. The molecule has 0 radical (unpaired) electrons. The first-order valence-corrected chi connectivity index (χ1v) is 9.18. The molecule has 25 heavy (non-hydrogen) atoms. The Balaban J connectivity index is 2.17. The Morgan fingerprint density at radius 2 is 2.12 bits per heavy atom. The topological polar surface area (TPSA) is 66.7 Å². The van der Waals surface area contributed by atoms with Crippen molar-refractivity contribution in [3.05, 3.63) is 45.2 Å². The molecule has 1 saturated heterocycles. The number of thiocarbonyl (C=S) groups is 1. The third-order valence-electron chi connectivity index (χ3n) is 3.73. The van der Waals surface area contributed by atoms with Crippen molar-refractivity contribution in [1.29, 1.82) is 0 Å². The van der Waals surface area contributed by atoms with Crippen molar-refractivity contribution in [3.8, 4) is 0 Å². The van der Waals surface area contributed by atoms with E-state index in [1.807, 2.05) is 26.8 Å². The summed E-state index contributed by atoms with van der Waals surface area (Å²) >= 11 is 6.50. The van der Waals surface area contributed by atoms with Gasteiger partial charge in [-0.25, -0.2) is 4.98 Å². The van der Waals surface area contributed by atoms with Gasteiger partial charge in [-0.3, -0.25) is 18.9 Å². The van der Waals surface area contributed by atoms with Crippen LogP contribution in [-0.4, -0.2) is 37.1 Å². The molecular weight excluding hydrogens is 356 g/mol. The quantitative estimate of drug-likeness (QED) is 0.656. The van der Waals surface area contributed by atoms with E-state index in [0.29, 0.717) is 32.8 Å². The molecule has 3 heterocycles. The molecule has 0 atom stereocenters. The fourth-order valence-electron chi connectivity index (χ4n) is 2.59.